The lowest BCUT2D eigenvalue weighted by Gasteiger charge is -1.84. The Labute approximate surface area is 60.6 Å². The molecule has 56 valence electrons. The fourth-order valence-corrected chi connectivity index (χ4v) is 0.352. The van der Waals surface area contributed by atoms with E-state index in [0.29, 0.717) is 5.70 Å². The summed E-state index contributed by atoms with van der Waals surface area (Å²) in [6, 6.07) is 0. The summed E-state index contributed by atoms with van der Waals surface area (Å²) in [7, 11) is 0. The van der Waals surface area contributed by atoms with E-state index < -0.39 is 0 Å². The predicted molar refractivity (Wildman–Crippen MR) is 42.0 cm³/mol. The highest BCUT2D eigenvalue weighted by Gasteiger charge is 1.83. The number of nitrogens with zero attached hydrogens (tertiary/aromatic N) is 1. The number of allylic oxidation sites excluding steroid dienone is 2. The molecule has 3 nitrogen and oxygen atoms in total. The van der Waals surface area contributed by atoms with Crippen molar-refractivity contribution in [2.24, 2.45) is 10.7 Å². The maximum absolute atomic E-state index is 10.3. The van der Waals surface area contributed by atoms with Gasteiger partial charge in [0.05, 0.1) is 6.54 Å². The normalized spacial score (nSPS) is 12.4. The molecule has 0 saturated heterocycles. The van der Waals surface area contributed by atoms with Gasteiger partial charge in [-0.1, -0.05) is 0 Å². The van der Waals surface area contributed by atoms with Crippen LogP contribution in [-0.2, 0) is 4.79 Å². The molecule has 10 heavy (non-hydrogen) atoms. The number of nitrogens with two attached hydrogens (primary N) is 1. The summed E-state index contributed by atoms with van der Waals surface area (Å²) in [4.78, 5) is 14.1. The van der Waals surface area contributed by atoms with Crippen molar-refractivity contribution in [1.29, 1.82) is 0 Å². The highest BCUT2D eigenvalue weighted by Crippen LogP contribution is 1.76. The Morgan fingerprint density at radius 1 is 1.60 bits per heavy atom. The van der Waals surface area contributed by atoms with Crippen LogP contribution in [0.15, 0.2) is 16.8 Å². The van der Waals surface area contributed by atoms with Crippen LogP contribution in [0.4, 0.5) is 0 Å². The third-order valence-corrected chi connectivity index (χ3v) is 0.757. The van der Waals surface area contributed by atoms with Crippen LogP contribution < -0.4 is 5.73 Å². The first-order chi connectivity index (χ1) is 4.63. The van der Waals surface area contributed by atoms with E-state index in [9.17, 15) is 4.79 Å². The van der Waals surface area contributed by atoms with Gasteiger partial charge in [0.25, 0.3) is 0 Å². The average Bonchev–Trinajstić information content (AvgIpc) is 1.79. The monoisotopic (exact) mass is 140 g/mol. The lowest BCUT2D eigenvalue weighted by Crippen LogP contribution is -1.95. The maximum Gasteiger partial charge on any atom is 0.151 e. The quantitative estimate of drug-likeness (QED) is 0.580. The van der Waals surface area contributed by atoms with Gasteiger partial charge < -0.3 is 5.73 Å². The molecule has 0 spiro atoms. The zero-order chi connectivity index (χ0) is 7.98. The summed E-state index contributed by atoms with van der Waals surface area (Å²) < 4.78 is 0. The van der Waals surface area contributed by atoms with Crippen LogP contribution in [0.25, 0.3) is 0 Å². The van der Waals surface area contributed by atoms with Crippen LogP contribution >= 0.6 is 0 Å². The van der Waals surface area contributed by atoms with Crippen molar-refractivity contribution >= 4 is 12.0 Å². The number of aliphatic imine (C=N–C) groups is 1. The van der Waals surface area contributed by atoms with Crippen molar-refractivity contribution in [2.75, 3.05) is 6.54 Å². The SMILES string of the molecule is CC(=O)CN=CC=C(C)N. The van der Waals surface area contributed by atoms with Crippen LogP contribution in [-0.4, -0.2) is 18.5 Å². The van der Waals surface area contributed by atoms with Crippen LogP contribution in [0.3, 0.4) is 0 Å². The Bertz CT molecular complexity index is 166. The Hall–Kier alpha value is -1.12. The second kappa shape index (κ2) is 4.73. The van der Waals surface area contributed by atoms with Crippen LogP contribution in [0, 0.1) is 0 Å². The number of carbonyl (C=O) groups excluding carboxylic acids is 1. The van der Waals surface area contributed by atoms with Gasteiger partial charge in [-0.15, -0.1) is 0 Å². The van der Waals surface area contributed by atoms with Gasteiger partial charge in [0.1, 0.15) is 0 Å². The molecule has 0 heterocycles. The van der Waals surface area contributed by atoms with E-state index in [4.69, 9.17) is 5.73 Å². The summed E-state index contributed by atoms with van der Waals surface area (Å²) >= 11 is 0. The first kappa shape index (κ1) is 8.88. The minimum absolute atomic E-state index is 0.0549. The van der Waals surface area contributed by atoms with Crippen molar-refractivity contribution in [1.82, 2.24) is 0 Å². The summed E-state index contributed by atoms with van der Waals surface area (Å²) in [5, 5.41) is 0. The van der Waals surface area contributed by atoms with Crippen molar-refractivity contribution in [2.45, 2.75) is 13.8 Å². The summed E-state index contributed by atoms with van der Waals surface area (Å²) in [6.45, 7) is 3.50. The lowest BCUT2D eigenvalue weighted by atomic mass is 10.4. The fourth-order valence-electron chi connectivity index (χ4n) is 0.352. The summed E-state index contributed by atoms with van der Waals surface area (Å²) in [6.07, 6.45) is 3.19. The molecule has 0 rings (SSSR count). The Morgan fingerprint density at radius 2 is 2.20 bits per heavy atom. The van der Waals surface area contributed by atoms with Gasteiger partial charge in [0.15, 0.2) is 5.78 Å². The Morgan fingerprint density at radius 3 is 2.60 bits per heavy atom. The molecule has 0 radical (unpaired) electrons. The molecule has 0 unspecified atom stereocenters. The van der Waals surface area contributed by atoms with Crippen molar-refractivity contribution in [3.05, 3.63) is 11.8 Å². The van der Waals surface area contributed by atoms with Crippen LogP contribution in [0.5, 0.6) is 0 Å². The van der Waals surface area contributed by atoms with E-state index in [2.05, 4.69) is 4.99 Å². The molecule has 0 amide bonds. The maximum atomic E-state index is 10.3. The molecule has 0 bridgehead atoms. The number of carbonyl (C=O) groups is 1. The predicted octanol–water partition coefficient (Wildman–Crippen LogP) is 0.509. The van der Waals surface area contributed by atoms with Gasteiger partial charge >= 0.3 is 0 Å². The minimum atomic E-state index is 0.0549. The van der Waals surface area contributed by atoms with Gasteiger partial charge in [0.2, 0.25) is 0 Å². The Kier molecular flexibility index (Phi) is 4.20. The first-order valence-corrected chi connectivity index (χ1v) is 3.04. The van der Waals surface area contributed by atoms with E-state index >= 15 is 0 Å². The van der Waals surface area contributed by atoms with E-state index in [1.807, 2.05) is 0 Å². The van der Waals surface area contributed by atoms with Gasteiger partial charge in [-0.25, -0.2) is 0 Å². The minimum Gasteiger partial charge on any atom is -0.402 e. The first-order valence-electron chi connectivity index (χ1n) is 3.04. The molecule has 2 N–H and O–H groups in total. The van der Waals surface area contributed by atoms with Crippen molar-refractivity contribution in [3.8, 4) is 0 Å². The average molecular weight is 140 g/mol. The number of Topliss-reactive ketones (excluding diaryl/α,β-unsaturated/α-hetero) is 1. The summed E-state index contributed by atoms with van der Waals surface area (Å²) in [5.74, 6) is 0.0549. The molecule has 0 aliphatic rings. The largest absolute Gasteiger partial charge is 0.402 e. The van der Waals surface area contributed by atoms with Crippen molar-refractivity contribution in [3.63, 3.8) is 0 Å². The standard InChI is InChI=1S/C7H12N2O/c1-6(8)3-4-9-5-7(2)10/h3-4H,5,8H2,1-2H3. The molecule has 0 saturated carbocycles. The molecule has 0 aromatic rings. The van der Waals surface area contributed by atoms with Crippen LogP contribution in [0.1, 0.15) is 13.8 Å². The number of rotatable bonds is 3. The molecule has 3 heteroatoms. The second-order valence-corrected chi connectivity index (χ2v) is 2.10. The zero-order valence-corrected chi connectivity index (χ0v) is 6.29. The van der Waals surface area contributed by atoms with E-state index in [1.54, 1.807) is 13.0 Å². The van der Waals surface area contributed by atoms with Crippen LogP contribution in [0.2, 0.25) is 0 Å². The highest BCUT2D eigenvalue weighted by molar-refractivity contribution is 5.81. The molecule has 0 aliphatic heterocycles. The smallest absolute Gasteiger partial charge is 0.151 e. The Balaban J connectivity index is 3.58. The number of hydrogen-bond donors (Lipinski definition) is 1. The number of ketones is 1. The van der Waals surface area contributed by atoms with E-state index in [-0.39, 0.29) is 12.3 Å². The van der Waals surface area contributed by atoms with Gasteiger partial charge in [-0.3, -0.25) is 9.79 Å². The molecule has 0 aromatic heterocycles. The molecule has 0 fully saturated rings. The third kappa shape index (κ3) is 6.88. The molecule has 0 aliphatic carbocycles. The van der Waals surface area contributed by atoms with Gasteiger partial charge in [-0.2, -0.15) is 0 Å². The second-order valence-electron chi connectivity index (χ2n) is 2.10. The van der Waals surface area contributed by atoms with Crippen molar-refractivity contribution < 1.29 is 4.79 Å². The molecular weight excluding hydrogens is 128 g/mol. The third-order valence-electron chi connectivity index (χ3n) is 0.757. The highest BCUT2D eigenvalue weighted by atomic mass is 16.1. The molecular formula is C7H12N2O. The van der Waals surface area contributed by atoms with Gasteiger partial charge in [0, 0.05) is 11.9 Å². The molecule has 0 atom stereocenters. The molecule has 0 aromatic carbocycles. The van der Waals surface area contributed by atoms with E-state index in [1.165, 1.54) is 13.1 Å². The fraction of sp³-hybridized carbons (Fsp3) is 0.429. The topological polar surface area (TPSA) is 55.5 Å². The lowest BCUT2D eigenvalue weighted by molar-refractivity contribution is -0.115. The number of hydrogen-bond acceptors (Lipinski definition) is 3. The van der Waals surface area contributed by atoms with Gasteiger partial charge in [-0.05, 0) is 19.9 Å². The zero-order valence-electron chi connectivity index (χ0n) is 6.29. The van der Waals surface area contributed by atoms with E-state index in [0.717, 1.165) is 0 Å². The summed E-state index contributed by atoms with van der Waals surface area (Å²) in [5.41, 5.74) is 5.98.